The molecule has 2 aromatic carbocycles. The van der Waals surface area contributed by atoms with Crippen LogP contribution in [0.25, 0.3) is 0 Å². The number of sulfonamides is 1. The summed E-state index contributed by atoms with van der Waals surface area (Å²) in [4.78, 5) is 26.5. The zero-order chi connectivity index (χ0) is 24.3. The van der Waals surface area contributed by atoms with Crippen molar-refractivity contribution in [3.8, 4) is 0 Å². The van der Waals surface area contributed by atoms with Gasteiger partial charge in [0.15, 0.2) is 0 Å². The zero-order valence-corrected chi connectivity index (χ0v) is 20.7. The molecule has 2 aromatic rings. The zero-order valence-electron chi connectivity index (χ0n) is 19.9. The van der Waals surface area contributed by atoms with Crippen LogP contribution >= 0.6 is 0 Å². The molecular weight excluding hydrogens is 438 g/mol. The fourth-order valence-corrected chi connectivity index (χ4v) is 5.57. The molecule has 2 amide bonds. The number of aryl methyl sites for hydroxylation is 1. The van der Waals surface area contributed by atoms with Gasteiger partial charge in [0, 0.05) is 25.2 Å². The molecular formula is C25H33N3O4S. The first kappa shape index (κ1) is 24.9. The summed E-state index contributed by atoms with van der Waals surface area (Å²) in [5.41, 5.74) is 3.83. The van der Waals surface area contributed by atoms with Crippen molar-refractivity contribution in [2.24, 2.45) is 5.92 Å². The summed E-state index contributed by atoms with van der Waals surface area (Å²) < 4.78 is 28.8. The van der Waals surface area contributed by atoms with Crippen LogP contribution in [0.5, 0.6) is 0 Å². The van der Waals surface area contributed by atoms with Crippen molar-refractivity contribution in [1.82, 2.24) is 10.0 Å². The molecule has 1 aliphatic heterocycles. The van der Waals surface area contributed by atoms with Gasteiger partial charge in [0.05, 0.1) is 4.90 Å². The van der Waals surface area contributed by atoms with Gasteiger partial charge in [-0.05, 0) is 61.9 Å². The van der Waals surface area contributed by atoms with Crippen molar-refractivity contribution in [3.05, 3.63) is 59.2 Å². The van der Waals surface area contributed by atoms with Crippen LogP contribution in [-0.2, 0) is 32.5 Å². The van der Waals surface area contributed by atoms with E-state index in [0.29, 0.717) is 19.4 Å². The molecule has 0 aliphatic carbocycles. The monoisotopic (exact) mass is 471 g/mol. The number of fused-ring (bicyclic) bond motifs is 1. The van der Waals surface area contributed by atoms with E-state index in [4.69, 9.17) is 0 Å². The lowest BCUT2D eigenvalue weighted by atomic mass is 10.0. The lowest BCUT2D eigenvalue weighted by molar-refractivity contribution is -0.123. The molecule has 0 unspecified atom stereocenters. The maximum atomic E-state index is 13.1. The number of hydrogen-bond acceptors (Lipinski definition) is 4. The molecule has 33 heavy (non-hydrogen) atoms. The summed E-state index contributed by atoms with van der Waals surface area (Å²) in [7, 11) is -3.92. The Labute approximate surface area is 196 Å². The molecule has 178 valence electrons. The van der Waals surface area contributed by atoms with Crippen LogP contribution < -0.4 is 14.9 Å². The number of rotatable bonds is 8. The van der Waals surface area contributed by atoms with Crippen LogP contribution in [-0.4, -0.2) is 38.9 Å². The van der Waals surface area contributed by atoms with Crippen LogP contribution in [0.15, 0.2) is 47.4 Å². The molecule has 7 nitrogen and oxygen atoms in total. The Morgan fingerprint density at radius 2 is 1.79 bits per heavy atom. The second kappa shape index (κ2) is 10.1. The van der Waals surface area contributed by atoms with Gasteiger partial charge in [-0.1, -0.05) is 43.7 Å². The molecule has 0 saturated heterocycles. The summed E-state index contributed by atoms with van der Waals surface area (Å²) in [6, 6.07) is 11.9. The standard InChI is InChI=1S/C25H33N3O4S/c1-16(2)24(25(30)26-13-12-20-8-6-17(3)7-9-20)27-33(31,32)22-10-11-23-21(15-22)14-18(4)28(23)19(5)29/h6-11,15-16,18,24,27H,12-14H2,1-5H3,(H,26,30)/t18-,24-/m1/s1. The maximum absolute atomic E-state index is 13.1. The second-order valence-corrected chi connectivity index (χ2v) is 10.8. The minimum atomic E-state index is -3.92. The molecule has 1 aliphatic rings. The molecule has 0 bridgehead atoms. The largest absolute Gasteiger partial charge is 0.354 e. The van der Waals surface area contributed by atoms with E-state index in [1.165, 1.54) is 18.6 Å². The average Bonchev–Trinajstić information content (AvgIpc) is 3.08. The van der Waals surface area contributed by atoms with E-state index in [1.807, 2.05) is 52.0 Å². The molecule has 0 spiro atoms. The predicted molar refractivity (Wildman–Crippen MR) is 130 cm³/mol. The van der Waals surface area contributed by atoms with Crippen LogP contribution in [0.2, 0.25) is 0 Å². The summed E-state index contributed by atoms with van der Waals surface area (Å²) in [6.07, 6.45) is 1.25. The Kier molecular flexibility index (Phi) is 7.59. The van der Waals surface area contributed by atoms with Gasteiger partial charge in [0.25, 0.3) is 0 Å². The topological polar surface area (TPSA) is 95.6 Å². The highest BCUT2D eigenvalue weighted by Gasteiger charge is 2.32. The highest BCUT2D eigenvalue weighted by atomic mass is 32.2. The molecule has 0 aromatic heterocycles. The van der Waals surface area contributed by atoms with E-state index >= 15 is 0 Å². The molecule has 3 rings (SSSR count). The predicted octanol–water partition coefficient (Wildman–Crippen LogP) is 2.95. The quantitative estimate of drug-likeness (QED) is 0.619. The van der Waals surface area contributed by atoms with Crippen molar-refractivity contribution >= 4 is 27.5 Å². The Morgan fingerprint density at radius 1 is 1.12 bits per heavy atom. The summed E-state index contributed by atoms with van der Waals surface area (Å²) >= 11 is 0. The molecule has 0 saturated carbocycles. The van der Waals surface area contributed by atoms with Gasteiger partial charge in [-0.15, -0.1) is 0 Å². The number of benzene rings is 2. The van der Waals surface area contributed by atoms with E-state index in [2.05, 4.69) is 10.0 Å². The fourth-order valence-electron chi connectivity index (χ4n) is 4.18. The third kappa shape index (κ3) is 5.81. The molecule has 0 radical (unpaired) electrons. The first-order valence-corrected chi connectivity index (χ1v) is 12.8. The van der Waals surface area contributed by atoms with Crippen LogP contribution in [0, 0.1) is 12.8 Å². The van der Waals surface area contributed by atoms with Gasteiger partial charge >= 0.3 is 0 Å². The Morgan fingerprint density at radius 3 is 2.39 bits per heavy atom. The number of nitrogens with one attached hydrogen (secondary N) is 2. The molecule has 2 N–H and O–H groups in total. The molecule has 2 atom stereocenters. The Balaban J connectivity index is 1.69. The first-order valence-electron chi connectivity index (χ1n) is 11.3. The van der Waals surface area contributed by atoms with E-state index in [0.717, 1.165) is 16.8 Å². The van der Waals surface area contributed by atoms with Gasteiger partial charge < -0.3 is 10.2 Å². The van der Waals surface area contributed by atoms with Gasteiger partial charge in [-0.2, -0.15) is 4.72 Å². The smallest absolute Gasteiger partial charge is 0.241 e. The van der Waals surface area contributed by atoms with Crippen LogP contribution in [0.1, 0.15) is 44.4 Å². The van der Waals surface area contributed by atoms with Crippen molar-refractivity contribution in [2.75, 3.05) is 11.4 Å². The number of nitrogens with zero attached hydrogens (tertiary/aromatic N) is 1. The molecule has 1 heterocycles. The number of anilines is 1. The van der Waals surface area contributed by atoms with Crippen LogP contribution in [0.3, 0.4) is 0 Å². The highest BCUT2D eigenvalue weighted by Crippen LogP contribution is 2.34. The van der Waals surface area contributed by atoms with E-state index in [-0.39, 0.29) is 28.7 Å². The number of hydrogen-bond donors (Lipinski definition) is 2. The van der Waals surface area contributed by atoms with Crippen molar-refractivity contribution in [3.63, 3.8) is 0 Å². The summed E-state index contributed by atoms with van der Waals surface area (Å²) in [5.74, 6) is -0.655. The van der Waals surface area contributed by atoms with Gasteiger partial charge in [0.2, 0.25) is 21.8 Å². The number of carbonyl (C=O) groups is 2. The second-order valence-electron chi connectivity index (χ2n) is 9.10. The molecule has 8 heteroatoms. The van der Waals surface area contributed by atoms with Gasteiger partial charge in [-0.25, -0.2) is 8.42 Å². The van der Waals surface area contributed by atoms with Gasteiger partial charge in [-0.3, -0.25) is 9.59 Å². The SMILES string of the molecule is CC(=O)N1c2ccc(S(=O)(=O)N[C@@H](C(=O)NCCc3ccc(C)cc3)C(C)C)cc2C[C@H]1C. The van der Waals surface area contributed by atoms with Crippen molar-refractivity contribution < 1.29 is 18.0 Å². The third-order valence-corrected chi connectivity index (χ3v) is 7.42. The van der Waals surface area contributed by atoms with Crippen molar-refractivity contribution in [1.29, 1.82) is 0 Å². The fraction of sp³-hybridized carbons (Fsp3) is 0.440. The first-order chi connectivity index (χ1) is 15.5. The minimum Gasteiger partial charge on any atom is -0.354 e. The number of carbonyl (C=O) groups excluding carboxylic acids is 2. The van der Waals surface area contributed by atoms with E-state index < -0.39 is 16.1 Å². The minimum absolute atomic E-state index is 0.0221. The van der Waals surface area contributed by atoms with E-state index in [9.17, 15) is 18.0 Å². The normalized spacial score (nSPS) is 16.5. The average molecular weight is 472 g/mol. The third-order valence-electron chi connectivity index (χ3n) is 5.98. The lowest BCUT2D eigenvalue weighted by Crippen LogP contribution is -2.49. The Bertz CT molecular complexity index is 1130. The summed E-state index contributed by atoms with van der Waals surface area (Å²) in [5, 5.41) is 2.86. The van der Waals surface area contributed by atoms with E-state index in [1.54, 1.807) is 17.0 Å². The number of amides is 2. The van der Waals surface area contributed by atoms with Crippen molar-refractivity contribution in [2.45, 2.75) is 64.4 Å². The maximum Gasteiger partial charge on any atom is 0.241 e. The van der Waals surface area contributed by atoms with Gasteiger partial charge in [0.1, 0.15) is 6.04 Å². The van der Waals surface area contributed by atoms with Crippen LogP contribution in [0.4, 0.5) is 5.69 Å². The lowest BCUT2D eigenvalue weighted by Gasteiger charge is -2.22. The highest BCUT2D eigenvalue weighted by molar-refractivity contribution is 7.89. The summed E-state index contributed by atoms with van der Waals surface area (Å²) in [6.45, 7) is 9.49. The molecule has 0 fully saturated rings. The Hall–Kier alpha value is -2.71.